The van der Waals surface area contributed by atoms with E-state index in [2.05, 4.69) is 0 Å². The smallest absolute Gasteiger partial charge is 0.338 e. The first-order valence-electron chi connectivity index (χ1n) is 10.8. The number of rotatable bonds is 6. The van der Waals surface area contributed by atoms with Crippen molar-refractivity contribution >= 4 is 23.9 Å². The fourth-order valence-electron chi connectivity index (χ4n) is 5.57. The third kappa shape index (κ3) is 3.43. The highest BCUT2D eigenvalue weighted by atomic mass is 16.6. The maximum Gasteiger partial charge on any atom is 0.338 e. The Hall–Kier alpha value is -2.74. The Bertz CT molecular complexity index is 905. The molecule has 0 N–H and O–H groups in total. The van der Waals surface area contributed by atoms with Gasteiger partial charge in [-0.2, -0.15) is 0 Å². The van der Waals surface area contributed by atoms with Gasteiger partial charge in [-0.15, -0.1) is 0 Å². The van der Waals surface area contributed by atoms with E-state index in [0.29, 0.717) is 12.0 Å². The van der Waals surface area contributed by atoms with Crippen LogP contribution in [0.2, 0.25) is 0 Å². The van der Waals surface area contributed by atoms with Gasteiger partial charge in [0, 0.05) is 5.92 Å². The van der Waals surface area contributed by atoms with Crippen molar-refractivity contribution in [2.75, 3.05) is 13.2 Å². The highest BCUT2D eigenvalue weighted by Gasteiger charge is 2.72. The average molecular weight is 428 g/mol. The van der Waals surface area contributed by atoms with Gasteiger partial charge in [0.05, 0.1) is 24.2 Å². The van der Waals surface area contributed by atoms with Crippen LogP contribution in [0.1, 0.15) is 42.5 Å². The van der Waals surface area contributed by atoms with E-state index in [1.54, 1.807) is 30.3 Å². The molecule has 4 aliphatic rings. The highest BCUT2D eigenvalue weighted by molar-refractivity contribution is 5.98. The van der Waals surface area contributed by atoms with Gasteiger partial charge in [0.25, 0.3) is 0 Å². The van der Waals surface area contributed by atoms with Gasteiger partial charge in [0.15, 0.2) is 0 Å². The molecule has 0 amide bonds. The number of carbonyl (C=O) groups excluding carboxylic acids is 4. The van der Waals surface area contributed by atoms with Gasteiger partial charge in [-0.1, -0.05) is 31.0 Å². The van der Waals surface area contributed by atoms with Crippen molar-refractivity contribution in [3.8, 4) is 0 Å². The molecule has 3 heterocycles. The SMILES string of the molecule is O=C(OC[C@@H]1C[C@@]2(COC(=O)C3CCCC3)O[C@@H]1[C@@H]1C(=O)OC(=O)[C@@H]12)c1ccccc1. The minimum atomic E-state index is -1.11. The Balaban J connectivity index is 1.29. The largest absolute Gasteiger partial charge is 0.462 e. The Morgan fingerprint density at radius 3 is 2.52 bits per heavy atom. The summed E-state index contributed by atoms with van der Waals surface area (Å²) in [5, 5.41) is 0. The lowest BCUT2D eigenvalue weighted by molar-refractivity contribution is -0.167. The Morgan fingerprint density at radius 2 is 1.77 bits per heavy atom. The maximum absolute atomic E-state index is 12.4. The van der Waals surface area contributed by atoms with E-state index in [-0.39, 0.29) is 31.0 Å². The molecule has 4 fully saturated rings. The number of fused-ring (bicyclic) bond motifs is 5. The van der Waals surface area contributed by atoms with E-state index >= 15 is 0 Å². The molecule has 3 saturated heterocycles. The first kappa shape index (κ1) is 20.2. The minimum Gasteiger partial charge on any atom is -0.462 e. The lowest BCUT2D eigenvalue weighted by Gasteiger charge is -2.31. The van der Waals surface area contributed by atoms with Crippen LogP contribution in [0.15, 0.2) is 30.3 Å². The second kappa shape index (κ2) is 7.75. The van der Waals surface area contributed by atoms with Crippen LogP contribution in [-0.2, 0) is 33.3 Å². The number of ether oxygens (including phenoxy) is 4. The van der Waals surface area contributed by atoms with Gasteiger partial charge in [-0.05, 0) is 31.4 Å². The van der Waals surface area contributed by atoms with Gasteiger partial charge in [-0.25, -0.2) is 4.79 Å². The molecule has 1 aliphatic carbocycles. The maximum atomic E-state index is 12.4. The monoisotopic (exact) mass is 428 g/mol. The molecule has 5 atom stereocenters. The van der Waals surface area contributed by atoms with E-state index in [0.717, 1.165) is 25.7 Å². The standard InChI is InChI=1S/C23H24O8/c24-19(13-6-2-1-3-7-13)28-11-15-10-23(12-29-20(25)14-8-4-5-9-14)17-16(18(15)31-23)21(26)30-22(17)27/h1-3,6-7,14-18H,4-5,8-12H2/t15-,16+,17+,18-,23-/m0/s1. The van der Waals surface area contributed by atoms with Gasteiger partial charge in [-0.3, -0.25) is 14.4 Å². The fourth-order valence-corrected chi connectivity index (χ4v) is 5.57. The normalized spacial score (nSPS) is 33.9. The molecule has 1 saturated carbocycles. The van der Waals surface area contributed by atoms with Gasteiger partial charge < -0.3 is 18.9 Å². The van der Waals surface area contributed by atoms with E-state index in [9.17, 15) is 19.2 Å². The van der Waals surface area contributed by atoms with Gasteiger partial charge >= 0.3 is 23.9 Å². The van der Waals surface area contributed by atoms with Crippen molar-refractivity contribution < 1.29 is 38.1 Å². The summed E-state index contributed by atoms with van der Waals surface area (Å²) in [6, 6.07) is 8.62. The first-order chi connectivity index (χ1) is 15.0. The Labute approximate surface area is 179 Å². The molecule has 0 unspecified atom stereocenters. The summed E-state index contributed by atoms with van der Waals surface area (Å²) in [5.41, 5.74) is -0.684. The van der Waals surface area contributed by atoms with E-state index in [1.807, 2.05) is 0 Å². The van der Waals surface area contributed by atoms with Crippen molar-refractivity contribution in [3.63, 3.8) is 0 Å². The molecule has 3 aliphatic heterocycles. The molecule has 164 valence electrons. The number of hydrogen-bond donors (Lipinski definition) is 0. The molecule has 8 nitrogen and oxygen atoms in total. The molecule has 0 spiro atoms. The van der Waals surface area contributed by atoms with Crippen LogP contribution in [0.4, 0.5) is 0 Å². The van der Waals surface area contributed by atoms with Crippen molar-refractivity contribution in [2.24, 2.45) is 23.7 Å². The summed E-state index contributed by atoms with van der Waals surface area (Å²) in [7, 11) is 0. The number of carbonyl (C=O) groups is 4. The van der Waals surface area contributed by atoms with E-state index < -0.39 is 41.4 Å². The summed E-state index contributed by atoms with van der Waals surface area (Å²) in [5.74, 6) is -3.96. The van der Waals surface area contributed by atoms with Crippen molar-refractivity contribution in [1.82, 2.24) is 0 Å². The predicted octanol–water partition coefficient (Wildman–Crippen LogP) is 2.05. The molecule has 5 rings (SSSR count). The summed E-state index contributed by atoms with van der Waals surface area (Å²) in [6.45, 7) is -0.0626. The third-order valence-corrected chi connectivity index (χ3v) is 7.04. The first-order valence-corrected chi connectivity index (χ1v) is 10.8. The molecule has 31 heavy (non-hydrogen) atoms. The zero-order valence-corrected chi connectivity index (χ0v) is 17.0. The van der Waals surface area contributed by atoms with E-state index in [1.165, 1.54) is 0 Å². The lowest BCUT2D eigenvalue weighted by Crippen LogP contribution is -2.47. The second-order valence-electron chi connectivity index (χ2n) is 8.91. The molecule has 2 bridgehead atoms. The lowest BCUT2D eigenvalue weighted by atomic mass is 9.69. The molecule has 8 heteroatoms. The van der Waals surface area contributed by atoms with Crippen LogP contribution >= 0.6 is 0 Å². The molecule has 0 radical (unpaired) electrons. The van der Waals surface area contributed by atoms with Crippen molar-refractivity contribution in [1.29, 1.82) is 0 Å². The summed E-state index contributed by atoms with van der Waals surface area (Å²) >= 11 is 0. The Kier molecular flexibility index (Phi) is 5.04. The second-order valence-corrected chi connectivity index (χ2v) is 8.91. The topological polar surface area (TPSA) is 105 Å². The Morgan fingerprint density at radius 1 is 1.03 bits per heavy atom. The van der Waals surface area contributed by atoms with Crippen LogP contribution in [-0.4, -0.2) is 48.8 Å². The van der Waals surface area contributed by atoms with Crippen LogP contribution in [0, 0.1) is 23.7 Å². The van der Waals surface area contributed by atoms with E-state index in [4.69, 9.17) is 18.9 Å². The molecule has 1 aromatic carbocycles. The summed E-state index contributed by atoms with van der Waals surface area (Å²) in [4.78, 5) is 49.4. The van der Waals surface area contributed by atoms with Crippen molar-refractivity contribution in [3.05, 3.63) is 35.9 Å². The number of hydrogen-bond acceptors (Lipinski definition) is 8. The summed E-state index contributed by atoms with van der Waals surface area (Å²) < 4.78 is 22.1. The highest BCUT2D eigenvalue weighted by Crippen LogP contribution is 2.57. The number of esters is 4. The summed E-state index contributed by atoms with van der Waals surface area (Å²) in [6.07, 6.45) is 3.35. The third-order valence-electron chi connectivity index (χ3n) is 7.04. The van der Waals surface area contributed by atoms with Crippen LogP contribution < -0.4 is 0 Å². The molecular formula is C23H24O8. The van der Waals surface area contributed by atoms with Crippen LogP contribution in [0.25, 0.3) is 0 Å². The zero-order chi connectivity index (χ0) is 21.6. The van der Waals surface area contributed by atoms with Gasteiger partial charge in [0.1, 0.15) is 24.0 Å². The number of cyclic esters (lactones) is 2. The predicted molar refractivity (Wildman–Crippen MR) is 103 cm³/mol. The van der Waals surface area contributed by atoms with Crippen molar-refractivity contribution in [2.45, 2.75) is 43.8 Å². The minimum absolute atomic E-state index is 0.0431. The zero-order valence-electron chi connectivity index (χ0n) is 17.0. The molecule has 1 aromatic rings. The van der Waals surface area contributed by atoms with Gasteiger partial charge in [0.2, 0.25) is 0 Å². The van der Waals surface area contributed by atoms with Crippen LogP contribution in [0.5, 0.6) is 0 Å². The molecular weight excluding hydrogens is 404 g/mol. The average Bonchev–Trinajstić information content (AvgIpc) is 3.54. The molecule has 0 aromatic heterocycles. The van der Waals surface area contributed by atoms with Crippen LogP contribution in [0.3, 0.4) is 0 Å². The number of benzene rings is 1. The fraction of sp³-hybridized carbons (Fsp3) is 0.565. The quantitative estimate of drug-likeness (QED) is 0.385.